The van der Waals surface area contributed by atoms with E-state index in [0.29, 0.717) is 0 Å². The predicted octanol–water partition coefficient (Wildman–Crippen LogP) is -0.263. The zero-order chi connectivity index (χ0) is 24.0. The molecule has 0 saturated carbocycles. The van der Waals surface area contributed by atoms with Gasteiger partial charge >= 0.3 is 11.7 Å². The monoisotopic (exact) mass is 456 g/mol. The average Bonchev–Trinajstić information content (AvgIpc) is 3.24. The van der Waals surface area contributed by atoms with Gasteiger partial charge in [0.15, 0.2) is 12.3 Å². The first-order chi connectivity index (χ1) is 15.8. The van der Waals surface area contributed by atoms with Crippen LogP contribution in [0, 0.1) is 0 Å². The zero-order valence-electron chi connectivity index (χ0n) is 18.2. The van der Waals surface area contributed by atoms with E-state index in [4.69, 9.17) is 15.2 Å². The highest BCUT2D eigenvalue weighted by Crippen LogP contribution is 2.18. The van der Waals surface area contributed by atoms with E-state index in [1.54, 1.807) is 31.3 Å². The lowest BCUT2D eigenvalue weighted by Crippen LogP contribution is -2.44. The summed E-state index contributed by atoms with van der Waals surface area (Å²) >= 11 is 0. The van der Waals surface area contributed by atoms with Crippen LogP contribution in [0.25, 0.3) is 0 Å². The molecule has 1 aromatic carbocycles. The normalized spacial score (nSPS) is 10.7. The number of aromatic nitrogens is 4. The second kappa shape index (κ2) is 10.4. The fourth-order valence-corrected chi connectivity index (χ4v) is 3.12. The minimum atomic E-state index is -0.843. The predicted molar refractivity (Wildman–Crippen MR) is 119 cm³/mol. The average molecular weight is 456 g/mol. The van der Waals surface area contributed by atoms with Gasteiger partial charge in [0.25, 0.3) is 11.5 Å². The minimum absolute atomic E-state index is 0.0589. The molecule has 0 atom stereocenters. The van der Waals surface area contributed by atoms with Crippen molar-refractivity contribution in [3.8, 4) is 0 Å². The van der Waals surface area contributed by atoms with Crippen molar-refractivity contribution in [2.75, 3.05) is 37.5 Å². The van der Waals surface area contributed by atoms with Crippen molar-refractivity contribution in [3.63, 3.8) is 0 Å². The molecule has 1 amide bonds. The molecule has 3 rings (SSSR count). The molecule has 0 aliphatic rings. The number of nitrogens with zero attached hydrogens (tertiary/aromatic N) is 4. The molecule has 3 N–H and O–H groups in total. The zero-order valence-corrected chi connectivity index (χ0v) is 18.2. The highest BCUT2D eigenvalue weighted by molar-refractivity contribution is 5.98. The van der Waals surface area contributed by atoms with Gasteiger partial charge in [0.1, 0.15) is 5.82 Å². The van der Waals surface area contributed by atoms with E-state index in [1.165, 1.54) is 24.2 Å². The summed E-state index contributed by atoms with van der Waals surface area (Å²) in [5, 5.41) is 3.87. The van der Waals surface area contributed by atoms with Crippen LogP contribution in [0.5, 0.6) is 0 Å². The van der Waals surface area contributed by atoms with Crippen LogP contribution >= 0.6 is 0 Å². The summed E-state index contributed by atoms with van der Waals surface area (Å²) in [6.07, 6.45) is 2.75. The van der Waals surface area contributed by atoms with E-state index in [9.17, 15) is 19.2 Å². The number of hydrogen-bond donors (Lipinski definition) is 2. The third-order valence-corrected chi connectivity index (χ3v) is 4.75. The van der Waals surface area contributed by atoms with E-state index in [2.05, 4.69) is 10.1 Å². The first-order valence-corrected chi connectivity index (χ1v) is 9.93. The van der Waals surface area contributed by atoms with E-state index < -0.39 is 29.7 Å². The Morgan fingerprint density at radius 3 is 2.58 bits per heavy atom. The Bertz CT molecular complexity index is 1250. The number of aryl methyl sites for hydroxylation is 1. The van der Waals surface area contributed by atoms with Crippen LogP contribution in [-0.4, -0.2) is 58.1 Å². The van der Waals surface area contributed by atoms with Crippen LogP contribution in [-0.2, 0) is 27.9 Å². The van der Waals surface area contributed by atoms with Crippen molar-refractivity contribution in [3.05, 3.63) is 74.7 Å². The summed E-state index contributed by atoms with van der Waals surface area (Å²) in [6.45, 7) is -0.568. The Labute approximate surface area is 188 Å². The largest absolute Gasteiger partial charge is 0.452 e. The minimum Gasteiger partial charge on any atom is -0.452 e. The third-order valence-electron chi connectivity index (χ3n) is 4.75. The molecule has 33 heavy (non-hydrogen) atoms. The second-order valence-electron chi connectivity index (χ2n) is 7.08. The number of anilines is 2. The van der Waals surface area contributed by atoms with Crippen molar-refractivity contribution in [2.45, 2.75) is 6.54 Å². The molecule has 0 aliphatic heterocycles. The summed E-state index contributed by atoms with van der Waals surface area (Å²) in [6, 6.07) is 9.01. The van der Waals surface area contributed by atoms with Gasteiger partial charge in [0.05, 0.1) is 24.9 Å². The fraction of sp³-hybridized carbons (Fsp3) is 0.286. The summed E-state index contributed by atoms with van der Waals surface area (Å²) in [5.74, 6) is -1.67. The number of nitrogens with two attached hydrogens (primary N) is 1. The number of methoxy groups -OCH3 is 1. The molecule has 0 fully saturated rings. The molecule has 12 heteroatoms. The number of carbonyl (C=O) groups is 2. The number of esters is 1. The van der Waals surface area contributed by atoms with Gasteiger partial charge in [-0.1, -0.05) is 30.3 Å². The Hall–Kier alpha value is -4.19. The van der Waals surface area contributed by atoms with Crippen LogP contribution < -0.4 is 21.9 Å². The van der Waals surface area contributed by atoms with Gasteiger partial charge in [0, 0.05) is 26.9 Å². The Balaban J connectivity index is 1.90. The maximum Gasteiger partial charge on any atom is 0.341 e. The molecule has 0 spiro atoms. The molecular formula is C21H24N6O6. The lowest BCUT2D eigenvalue weighted by molar-refractivity contribution is -0.121. The summed E-state index contributed by atoms with van der Waals surface area (Å²) in [5.41, 5.74) is 5.33. The molecule has 0 radical (unpaired) electrons. The van der Waals surface area contributed by atoms with Crippen molar-refractivity contribution < 1.29 is 19.1 Å². The maximum absolute atomic E-state index is 12.9. The van der Waals surface area contributed by atoms with Gasteiger partial charge in [-0.3, -0.25) is 28.7 Å². The van der Waals surface area contributed by atoms with Gasteiger partial charge in [0.2, 0.25) is 0 Å². The smallest absolute Gasteiger partial charge is 0.341 e. The number of rotatable bonds is 9. The number of aromatic amines is 1. The Kier molecular flexibility index (Phi) is 7.41. The van der Waals surface area contributed by atoms with Crippen LogP contribution in [0.4, 0.5) is 11.5 Å². The number of carbonyl (C=O) groups excluding carboxylic acids is 2. The van der Waals surface area contributed by atoms with Crippen molar-refractivity contribution in [1.82, 2.24) is 19.3 Å². The van der Waals surface area contributed by atoms with Crippen LogP contribution in [0.3, 0.4) is 0 Å². The van der Waals surface area contributed by atoms with Crippen LogP contribution in [0.1, 0.15) is 15.9 Å². The van der Waals surface area contributed by atoms with Gasteiger partial charge in [-0.15, -0.1) is 0 Å². The molecule has 2 aromatic heterocycles. The molecule has 174 valence electrons. The highest BCUT2D eigenvalue weighted by Gasteiger charge is 2.25. The molecule has 3 aromatic rings. The highest BCUT2D eigenvalue weighted by atomic mass is 16.5. The summed E-state index contributed by atoms with van der Waals surface area (Å²) < 4.78 is 12.7. The fourth-order valence-electron chi connectivity index (χ4n) is 3.12. The molecular weight excluding hydrogens is 432 g/mol. The number of hydrogen-bond acceptors (Lipinski definition) is 8. The second-order valence-corrected chi connectivity index (χ2v) is 7.08. The van der Waals surface area contributed by atoms with E-state index in [0.717, 1.165) is 15.0 Å². The molecule has 0 saturated heterocycles. The number of ether oxygens (including phenoxy) is 2. The Morgan fingerprint density at radius 2 is 1.94 bits per heavy atom. The van der Waals surface area contributed by atoms with Gasteiger partial charge in [-0.2, -0.15) is 5.10 Å². The molecule has 12 nitrogen and oxygen atoms in total. The topological polar surface area (TPSA) is 155 Å². The molecule has 0 bridgehead atoms. The first-order valence-electron chi connectivity index (χ1n) is 9.93. The quantitative estimate of drug-likeness (QED) is 0.417. The van der Waals surface area contributed by atoms with Gasteiger partial charge in [-0.05, 0) is 5.56 Å². The molecule has 0 aliphatic carbocycles. The third kappa shape index (κ3) is 5.54. The summed E-state index contributed by atoms with van der Waals surface area (Å²) in [7, 11) is 3.06. The number of benzene rings is 1. The van der Waals surface area contributed by atoms with Crippen LogP contribution in [0.2, 0.25) is 0 Å². The summed E-state index contributed by atoms with van der Waals surface area (Å²) in [4.78, 5) is 53.4. The Morgan fingerprint density at radius 1 is 1.21 bits per heavy atom. The van der Waals surface area contributed by atoms with E-state index in [-0.39, 0.29) is 36.8 Å². The lowest BCUT2D eigenvalue weighted by atomic mass is 10.2. The molecule has 0 unspecified atom stereocenters. The van der Waals surface area contributed by atoms with E-state index >= 15 is 0 Å². The molecule has 2 heterocycles. The number of nitrogens with one attached hydrogen (secondary N) is 1. The van der Waals surface area contributed by atoms with Crippen molar-refractivity contribution in [1.29, 1.82) is 0 Å². The SMILES string of the molecule is COCCN(C(=O)COC(=O)c1cnn(C)c1)c1c(N)n(Cc2ccccc2)c(=O)[nH]c1=O. The lowest BCUT2D eigenvalue weighted by Gasteiger charge is -2.24. The van der Waals surface area contributed by atoms with Crippen molar-refractivity contribution >= 4 is 23.4 Å². The van der Waals surface area contributed by atoms with Crippen molar-refractivity contribution in [2.24, 2.45) is 7.05 Å². The van der Waals surface area contributed by atoms with Gasteiger partial charge < -0.3 is 15.2 Å². The maximum atomic E-state index is 12.9. The number of H-pyrrole nitrogens is 1. The van der Waals surface area contributed by atoms with Gasteiger partial charge in [-0.25, -0.2) is 9.59 Å². The standard InChI is InChI=1S/C21H24N6O6/c1-25-12-15(10-23-25)20(30)33-13-16(28)26(8-9-32-2)17-18(22)27(21(31)24-19(17)29)11-14-6-4-3-5-7-14/h3-7,10,12H,8-9,11,13,22H2,1-2H3,(H,24,29,31). The first kappa shape index (κ1) is 23.5. The van der Waals surface area contributed by atoms with Crippen LogP contribution in [0.15, 0.2) is 52.3 Å². The number of nitrogen functional groups attached to an aromatic ring is 1. The van der Waals surface area contributed by atoms with E-state index in [1.807, 2.05) is 6.07 Å². The number of amides is 1.